The molecule has 1 atom stereocenters. The molecule has 0 bridgehead atoms. The lowest BCUT2D eigenvalue weighted by Crippen LogP contribution is -2.39. The maximum Gasteiger partial charge on any atom is 0.0589 e. The van der Waals surface area contributed by atoms with Crippen LogP contribution in [0.3, 0.4) is 0 Å². The van der Waals surface area contributed by atoms with Crippen LogP contribution in [0.4, 0.5) is 0 Å². The van der Waals surface area contributed by atoms with Crippen LogP contribution in [0.2, 0.25) is 0 Å². The van der Waals surface area contributed by atoms with Gasteiger partial charge < -0.3 is 14.7 Å². The van der Waals surface area contributed by atoms with Gasteiger partial charge in [-0.15, -0.1) is 0 Å². The van der Waals surface area contributed by atoms with Crippen molar-refractivity contribution in [1.82, 2.24) is 4.90 Å². The SMILES string of the molecule is COCCN(C)CC(C)(C)C(C)O. The molecule has 0 spiro atoms. The minimum absolute atomic E-state index is 0.0531. The molecule has 0 aromatic heterocycles. The van der Waals surface area contributed by atoms with Crippen molar-refractivity contribution in [2.24, 2.45) is 5.41 Å². The lowest BCUT2D eigenvalue weighted by atomic mass is 9.87. The average molecular weight is 189 g/mol. The van der Waals surface area contributed by atoms with E-state index in [-0.39, 0.29) is 11.5 Å². The van der Waals surface area contributed by atoms with Crippen LogP contribution in [0.1, 0.15) is 20.8 Å². The van der Waals surface area contributed by atoms with Gasteiger partial charge in [-0.2, -0.15) is 0 Å². The van der Waals surface area contributed by atoms with Crippen LogP contribution in [0.25, 0.3) is 0 Å². The van der Waals surface area contributed by atoms with E-state index in [1.807, 2.05) is 14.0 Å². The number of aliphatic hydroxyl groups excluding tert-OH is 1. The number of hydrogen-bond donors (Lipinski definition) is 1. The zero-order valence-electron chi connectivity index (χ0n) is 9.50. The molecule has 0 aromatic carbocycles. The largest absolute Gasteiger partial charge is 0.393 e. The molecule has 3 heteroatoms. The van der Waals surface area contributed by atoms with Gasteiger partial charge in [0.1, 0.15) is 0 Å². The Morgan fingerprint density at radius 2 is 2.00 bits per heavy atom. The summed E-state index contributed by atoms with van der Waals surface area (Å²) in [7, 11) is 3.75. The third kappa shape index (κ3) is 5.24. The highest BCUT2D eigenvalue weighted by Crippen LogP contribution is 2.20. The predicted octanol–water partition coefficient (Wildman–Crippen LogP) is 0.972. The molecule has 0 amide bonds. The van der Waals surface area contributed by atoms with Gasteiger partial charge in [-0.3, -0.25) is 0 Å². The molecule has 3 nitrogen and oxygen atoms in total. The lowest BCUT2D eigenvalue weighted by Gasteiger charge is -2.32. The second-order valence-electron chi connectivity index (χ2n) is 4.40. The highest BCUT2D eigenvalue weighted by molar-refractivity contribution is 4.77. The second-order valence-corrected chi connectivity index (χ2v) is 4.40. The van der Waals surface area contributed by atoms with Crippen LogP contribution in [0, 0.1) is 5.41 Å². The Balaban J connectivity index is 3.82. The van der Waals surface area contributed by atoms with E-state index in [1.54, 1.807) is 7.11 Å². The summed E-state index contributed by atoms with van der Waals surface area (Å²) < 4.78 is 4.98. The molecule has 0 aromatic rings. The molecule has 80 valence electrons. The molecule has 1 unspecified atom stereocenters. The van der Waals surface area contributed by atoms with E-state index in [9.17, 15) is 5.11 Å². The van der Waals surface area contributed by atoms with Crippen LogP contribution in [-0.2, 0) is 4.74 Å². The molecule has 0 radical (unpaired) electrons. The monoisotopic (exact) mass is 189 g/mol. The summed E-state index contributed by atoms with van der Waals surface area (Å²) in [6, 6.07) is 0. The summed E-state index contributed by atoms with van der Waals surface area (Å²) in [6.07, 6.45) is -0.280. The Bertz CT molecular complexity index is 135. The van der Waals surface area contributed by atoms with Crippen LogP contribution < -0.4 is 0 Å². The topological polar surface area (TPSA) is 32.7 Å². The molecule has 0 rings (SSSR count). The normalized spacial score (nSPS) is 15.0. The first-order chi connectivity index (χ1) is 5.90. The smallest absolute Gasteiger partial charge is 0.0589 e. The summed E-state index contributed by atoms with van der Waals surface area (Å²) in [4.78, 5) is 2.18. The van der Waals surface area contributed by atoms with E-state index in [2.05, 4.69) is 18.7 Å². The fourth-order valence-electron chi connectivity index (χ4n) is 1.15. The third-order valence-corrected chi connectivity index (χ3v) is 2.49. The Morgan fingerprint density at radius 1 is 1.46 bits per heavy atom. The van der Waals surface area contributed by atoms with Gasteiger partial charge in [-0.1, -0.05) is 13.8 Å². The molecular weight excluding hydrogens is 166 g/mol. The Labute approximate surface area is 81.7 Å². The molecule has 0 aliphatic rings. The standard InChI is InChI=1S/C10H23NO2/c1-9(12)10(2,3)8-11(4)6-7-13-5/h9,12H,6-8H2,1-5H3. The predicted molar refractivity (Wildman–Crippen MR) is 54.8 cm³/mol. The highest BCUT2D eigenvalue weighted by atomic mass is 16.5. The highest BCUT2D eigenvalue weighted by Gasteiger charge is 2.25. The van der Waals surface area contributed by atoms with Crippen molar-refractivity contribution in [1.29, 1.82) is 0 Å². The van der Waals surface area contributed by atoms with Crippen molar-refractivity contribution in [2.75, 3.05) is 33.9 Å². The van der Waals surface area contributed by atoms with E-state index >= 15 is 0 Å². The van der Waals surface area contributed by atoms with Gasteiger partial charge in [-0.25, -0.2) is 0 Å². The minimum atomic E-state index is -0.280. The third-order valence-electron chi connectivity index (χ3n) is 2.49. The average Bonchev–Trinajstić information content (AvgIpc) is 1.99. The summed E-state index contributed by atoms with van der Waals surface area (Å²) in [5.74, 6) is 0. The summed E-state index contributed by atoms with van der Waals surface area (Å²) in [6.45, 7) is 8.51. The minimum Gasteiger partial charge on any atom is -0.393 e. The molecule has 0 heterocycles. The fraction of sp³-hybridized carbons (Fsp3) is 1.00. The Morgan fingerprint density at radius 3 is 2.38 bits per heavy atom. The van der Waals surface area contributed by atoms with Crippen molar-refractivity contribution in [2.45, 2.75) is 26.9 Å². The van der Waals surface area contributed by atoms with Crippen molar-refractivity contribution < 1.29 is 9.84 Å². The van der Waals surface area contributed by atoms with Crippen LogP contribution in [0.15, 0.2) is 0 Å². The van der Waals surface area contributed by atoms with E-state index in [4.69, 9.17) is 4.74 Å². The molecule has 0 fully saturated rings. The van der Waals surface area contributed by atoms with Crippen molar-refractivity contribution in [3.63, 3.8) is 0 Å². The Hall–Kier alpha value is -0.120. The number of hydrogen-bond acceptors (Lipinski definition) is 3. The zero-order valence-corrected chi connectivity index (χ0v) is 9.50. The van der Waals surface area contributed by atoms with Crippen molar-refractivity contribution in [3.8, 4) is 0 Å². The first kappa shape index (κ1) is 12.9. The number of nitrogens with zero attached hydrogens (tertiary/aromatic N) is 1. The molecule has 0 saturated carbocycles. The second kappa shape index (κ2) is 5.58. The molecule has 13 heavy (non-hydrogen) atoms. The first-order valence-corrected chi connectivity index (χ1v) is 4.75. The number of aliphatic hydroxyl groups is 1. The van der Waals surface area contributed by atoms with Gasteiger partial charge >= 0.3 is 0 Å². The van der Waals surface area contributed by atoms with Gasteiger partial charge in [0, 0.05) is 25.6 Å². The van der Waals surface area contributed by atoms with E-state index < -0.39 is 0 Å². The van der Waals surface area contributed by atoms with Crippen LogP contribution >= 0.6 is 0 Å². The van der Waals surface area contributed by atoms with Gasteiger partial charge in [0.05, 0.1) is 12.7 Å². The van der Waals surface area contributed by atoms with E-state index in [1.165, 1.54) is 0 Å². The van der Waals surface area contributed by atoms with Gasteiger partial charge in [-0.05, 0) is 14.0 Å². The van der Waals surface area contributed by atoms with Crippen LogP contribution in [0.5, 0.6) is 0 Å². The number of methoxy groups -OCH3 is 1. The lowest BCUT2D eigenvalue weighted by molar-refractivity contribution is 0.0350. The zero-order chi connectivity index (χ0) is 10.5. The summed E-state index contributed by atoms with van der Waals surface area (Å²) >= 11 is 0. The molecular formula is C10H23NO2. The number of likely N-dealkylation sites (N-methyl/N-ethyl adjacent to an activating group) is 1. The fourth-order valence-corrected chi connectivity index (χ4v) is 1.15. The molecule has 1 N–H and O–H groups in total. The Kier molecular flexibility index (Phi) is 5.53. The van der Waals surface area contributed by atoms with Gasteiger partial charge in [0.2, 0.25) is 0 Å². The summed E-state index contributed by atoms with van der Waals surface area (Å²) in [5, 5.41) is 9.50. The van der Waals surface area contributed by atoms with E-state index in [0.29, 0.717) is 0 Å². The maximum atomic E-state index is 9.50. The van der Waals surface area contributed by atoms with Gasteiger partial charge in [0.25, 0.3) is 0 Å². The van der Waals surface area contributed by atoms with Crippen molar-refractivity contribution >= 4 is 0 Å². The molecule has 0 aliphatic carbocycles. The van der Waals surface area contributed by atoms with Gasteiger partial charge in [0.15, 0.2) is 0 Å². The quantitative estimate of drug-likeness (QED) is 0.676. The number of ether oxygens (including phenoxy) is 1. The van der Waals surface area contributed by atoms with Crippen LogP contribution in [-0.4, -0.2) is 50.0 Å². The number of rotatable bonds is 6. The first-order valence-electron chi connectivity index (χ1n) is 4.75. The molecule has 0 aliphatic heterocycles. The summed E-state index contributed by atoms with van der Waals surface area (Å²) in [5.41, 5.74) is -0.0531. The maximum absolute atomic E-state index is 9.50. The van der Waals surface area contributed by atoms with Crippen molar-refractivity contribution in [3.05, 3.63) is 0 Å². The van der Waals surface area contributed by atoms with E-state index in [0.717, 1.165) is 19.7 Å². The molecule has 0 saturated heterocycles.